The SMILES string of the molecule is O=C(Nc1ccccc1-c1nc2cc(CN3CCOCC3)cnc2s1)c1cccc(-c2cccnc2)c1. The highest BCUT2D eigenvalue weighted by Crippen LogP contribution is 2.34. The molecule has 1 amide bonds. The normalized spacial score (nSPS) is 14.1. The fraction of sp³-hybridized carbons (Fsp3) is 0.172. The molecule has 1 aliphatic heterocycles. The van der Waals surface area contributed by atoms with Gasteiger partial charge in [0.05, 0.1) is 18.9 Å². The van der Waals surface area contributed by atoms with E-state index >= 15 is 0 Å². The summed E-state index contributed by atoms with van der Waals surface area (Å²) in [5.41, 5.74) is 6.09. The number of anilines is 1. The minimum absolute atomic E-state index is 0.176. The van der Waals surface area contributed by atoms with Crippen LogP contribution in [-0.2, 0) is 11.3 Å². The van der Waals surface area contributed by atoms with Crippen LogP contribution in [0.25, 0.3) is 32.0 Å². The molecule has 0 aliphatic carbocycles. The third kappa shape index (κ3) is 5.27. The van der Waals surface area contributed by atoms with Gasteiger partial charge in [-0.05, 0) is 47.5 Å². The predicted molar refractivity (Wildman–Crippen MR) is 147 cm³/mol. The maximum absolute atomic E-state index is 13.2. The molecule has 1 N–H and O–H groups in total. The molecule has 6 rings (SSSR count). The number of carbonyl (C=O) groups is 1. The maximum Gasteiger partial charge on any atom is 0.255 e. The summed E-state index contributed by atoms with van der Waals surface area (Å²) in [6.07, 6.45) is 5.46. The van der Waals surface area contributed by atoms with Gasteiger partial charge in [-0.15, -0.1) is 0 Å². The van der Waals surface area contributed by atoms with Gasteiger partial charge in [0.2, 0.25) is 0 Å². The molecule has 3 aromatic heterocycles. The number of nitrogens with zero attached hydrogens (tertiary/aromatic N) is 4. The lowest BCUT2D eigenvalue weighted by Crippen LogP contribution is -2.35. The quantitative estimate of drug-likeness (QED) is 0.327. The number of carbonyl (C=O) groups excluding carboxylic acids is 1. The monoisotopic (exact) mass is 507 g/mol. The molecule has 4 heterocycles. The van der Waals surface area contributed by atoms with Crippen LogP contribution in [0.5, 0.6) is 0 Å². The van der Waals surface area contributed by atoms with Gasteiger partial charge in [0.25, 0.3) is 5.91 Å². The van der Waals surface area contributed by atoms with Crippen molar-refractivity contribution in [2.75, 3.05) is 31.6 Å². The van der Waals surface area contributed by atoms with Crippen LogP contribution in [0.1, 0.15) is 15.9 Å². The van der Waals surface area contributed by atoms with Crippen molar-refractivity contribution < 1.29 is 9.53 Å². The van der Waals surface area contributed by atoms with Gasteiger partial charge in [-0.25, -0.2) is 9.97 Å². The Kier molecular flexibility index (Phi) is 6.68. The number of ether oxygens (including phenoxy) is 1. The van der Waals surface area contributed by atoms with E-state index in [1.54, 1.807) is 12.4 Å². The number of hydrogen-bond donors (Lipinski definition) is 1. The highest BCUT2D eigenvalue weighted by Gasteiger charge is 2.16. The number of amides is 1. The molecule has 1 fully saturated rings. The number of benzene rings is 2. The first-order valence-corrected chi connectivity index (χ1v) is 13.0. The van der Waals surface area contributed by atoms with Crippen molar-refractivity contribution in [3.8, 4) is 21.7 Å². The molecule has 5 aromatic rings. The molecule has 7 nitrogen and oxygen atoms in total. The summed E-state index contributed by atoms with van der Waals surface area (Å²) in [6.45, 7) is 4.24. The van der Waals surface area contributed by atoms with Crippen molar-refractivity contribution in [1.82, 2.24) is 19.9 Å². The maximum atomic E-state index is 13.2. The summed E-state index contributed by atoms with van der Waals surface area (Å²) in [6, 6.07) is 21.3. The fourth-order valence-electron chi connectivity index (χ4n) is 4.43. The van der Waals surface area contributed by atoms with E-state index in [1.165, 1.54) is 11.3 Å². The van der Waals surface area contributed by atoms with Gasteiger partial charge in [0.15, 0.2) is 0 Å². The number of aromatic nitrogens is 3. The molecule has 0 spiro atoms. The number of hydrogen-bond acceptors (Lipinski definition) is 7. The van der Waals surface area contributed by atoms with Gasteiger partial charge in [-0.3, -0.25) is 14.7 Å². The first-order chi connectivity index (χ1) is 18.2. The summed E-state index contributed by atoms with van der Waals surface area (Å²) < 4.78 is 5.45. The molecule has 0 radical (unpaired) electrons. The molecule has 2 aromatic carbocycles. The zero-order valence-electron chi connectivity index (χ0n) is 20.1. The van der Waals surface area contributed by atoms with E-state index in [0.717, 1.165) is 70.5 Å². The summed E-state index contributed by atoms with van der Waals surface area (Å²) in [4.78, 5) is 30.2. The van der Waals surface area contributed by atoms with Gasteiger partial charge < -0.3 is 10.1 Å². The number of pyridine rings is 2. The molecule has 184 valence electrons. The Morgan fingerprint density at radius 2 is 1.84 bits per heavy atom. The van der Waals surface area contributed by atoms with Crippen molar-refractivity contribution in [3.63, 3.8) is 0 Å². The molecule has 0 atom stereocenters. The standard InChI is InChI=1S/C29H25N5O2S/c35-27(22-6-3-5-21(16-22)23-7-4-10-30-18-23)32-25-9-2-1-8-24(25)28-33-26-15-20(17-31-29(26)37-28)19-34-11-13-36-14-12-34/h1-10,15-18H,11-14,19H2,(H,32,35). The zero-order chi connectivity index (χ0) is 25.0. The van der Waals surface area contributed by atoms with Crippen LogP contribution < -0.4 is 5.32 Å². The van der Waals surface area contributed by atoms with Crippen LogP contribution in [0.2, 0.25) is 0 Å². The second-order valence-electron chi connectivity index (χ2n) is 8.90. The van der Waals surface area contributed by atoms with Crippen LogP contribution in [0.15, 0.2) is 85.3 Å². The van der Waals surface area contributed by atoms with Crippen LogP contribution in [-0.4, -0.2) is 52.1 Å². The highest BCUT2D eigenvalue weighted by molar-refractivity contribution is 7.21. The van der Waals surface area contributed by atoms with Gasteiger partial charge >= 0.3 is 0 Å². The molecule has 8 heteroatoms. The molecule has 0 bridgehead atoms. The van der Waals surface area contributed by atoms with Crippen LogP contribution in [0.4, 0.5) is 5.69 Å². The molecule has 0 unspecified atom stereocenters. The summed E-state index contributed by atoms with van der Waals surface area (Å²) in [5.74, 6) is -0.176. The van der Waals surface area contributed by atoms with Crippen LogP contribution in [0.3, 0.4) is 0 Å². The Morgan fingerprint density at radius 3 is 2.70 bits per heavy atom. The lowest BCUT2D eigenvalue weighted by atomic mass is 10.0. The molecule has 1 saturated heterocycles. The van der Waals surface area contributed by atoms with Crippen LogP contribution >= 0.6 is 11.3 Å². The number of fused-ring (bicyclic) bond motifs is 1. The highest BCUT2D eigenvalue weighted by atomic mass is 32.1. The van der Waals surface area contributed by atoms with Crippen molar-refractivity contribution >= 4 is 33.3 Å². The summed E-state index contributed by atoms with van der Waals surface area (Å²) in [7, 11) is 0. The minimum Gasteiger partial charge on any atom is -0.379 e. The van der Waals surface area contributed by atoms with E-state index in [1.807, 2.05) is 66.9 Å². The topological polar surface area (TPSA) is 80.2 Å². The van der Waals surface area contributed by atoms with Gasteiger partial charge in [0, 0.05) is 54.9 Å². The second-order valence-corrected chi connectivity index (χ2v) is 9.88. The Balaban J connectivity index is 1.24. The van der Waals surface area contributed by atoms with Gasteiger partial charge in [-0.2, -0.15) is 0 Å². The fourth-order valence-corrected chi connectivity index (χ4v) is 5.36. The van der Waals surface area contributed by atoms with Crippen LogP contribution in [0, 0.1) is 0 Å². The van der Waals surface area contributed by atoms with E-state index in [0.29, 0.717) is 11.3 Å². The Labute approximate surface area is 218 Å². The third-order valence-electron chi connectivity index (χ3n) is 6.34. The second kappa shape index (κ2) is 10.6. The number of morpholine rings is 1. The average Bonchev–Trinajstić information content (AvgIpc) is 3.38. The zero-order valence-corrected chi connectivity index (χ0v) is 20.9. The van der Waals surface area contributed by atoms with E-state index in [2.05, 4.69) is 26.3 Å². The first kappa shape index (κ1) is 23.4. The number of rotatable bonds is 6. The Bertz CT molecular complexity index is 1550. The largest absolute Gasteiger partial charge is 0.379 e. The van der Waals surface area contributed by atoms with Crippen molar-refractivity contribution in [2.45, 2.75) is 6.54 Å². The molecule has 37 heavy (non-hydrogen) atoms. The van der Waals surface area contributed by atoms with E-state index in [9.17, 15) is 4.79 Å². The lowest BCUT2D eigenvalue weighted by Gasteiger charge is -2.26. The van der Waals surface area contributed by atoms with Crippen molar-refractivity contribution in [3.05, 3.63) is 96.4 Å². The summed E-state index contributed by atoms with van der Waals surface area (Å²) in [5, 5.41) is 3.91. The third-order valence-corrected chi connectivity index (χ3v) is 7.35. The first-order valence-electron chi connectivity index (χ1n) is 12.2. The smallest absolute Gasteiger partial charge is 0.255 e. The van der Waals surface area contributed by atoms with Gasteiger partial charge in [-0.1, -0.05) is 41.7 Å². The minimum atomic E-state index is -0.176. The predicted octanol–water partition coefficient (Wildman–Crippen LogP) is 5.50. The summed E-state index contributed by atoms with van der Waals surface area (Å²) >= 11 is 1.53. The number of nitrogens with one attached hydrogen (secondary N) is 1. The van der Waals surface area contributed by atoms with Crippen molar-refractivity contribution in [1.29, 1.82) is 0 Å². The average molecular weight is 508 g/mol. The molecule has 1 aliphatic rings. The van der Waals surface area contributed by atoms with E-state index < -0.39 is 0 Å². The van der Waals surface area contributed by atoms with E-state index in [-0.39, 0.29) is 5.91 Å². The molecule has 0 saturated carbocycles. The van der Waals surface area contributed by atoms with Crippen molar-refractivity contribution in [2.24, 2.45) is 0 Å². The van der Waals surface area contributed by atoms with E-state index in [4.69, 9.17) is 9.72 Å². The number of thiazole rings is 1. The number of para-hydroxylation sites is 1. The lowest BCUT2D eigenvalue weighted by molar-refractivity contribution is 0.0341. The Morgan fingerprint density at radius 1 is 0.973 bits per heavy atom. The Hall–Kier alpha value is -3.98. The van der Waals surface area contributed by atoms with Gasteiger partial charge in [0.1, 0.15) is 15.4 Å². The molecular formula is C29H25N5O2S. The molecular weight excluding hydrogens is 482 g/mol.